The first-order valence-electron chi connectivity index (χ1n) is 7.30. The molecule has 0 radical (unpaired) electrons. The van der Waals surface area contributed by atoms with Crippen LogP contribution in [0.2, 0.25) is 0 Å². The number of hydrogen-bond donors (Lipinski definition) is 2. The first-order chi connectivity index (χ1) is 10.7. The quantitative estimate of drug-likeness (QED) is 0.728. The summed E-state index contributed by atoms with van der Waals surface area (Å²) in [6.45, 7) is 3.53. The zero-order chi connectivity index (χ0) is 15.8. The number of hydrogen-bond acceptors (Lipinski definition) is 4. The second-order valence-corrected chi connectivity index (χ2v) is 4.99. The lowest BCUT2D eigenvalue weighted by atomic mass is 10.1. The third-order valence-electron chi connectivity index (χ3n) is 3.32. The van der Waals surface area contributed by atoms with Crippen LogP contribution in [0.5, 0.6) is 0 Å². The van der Waals surface area contributed by atoms with Gasteiger partial charge in [-0.1, -0.05) is 30.3 Å². The molecule has 2 N–H and O–H groups in total. The van der Waals surface area contributed by atoms with Crippen LogP contribution < -0.4 is 10.6 Å². The highest BCUT2D eigenvalue weighted by molar-refractivity contribution is 5.91. The lowest BCUT2D eigenvalue weighted by Crippen LogP contribution is -2.30. The van der Waals surface area contributed by atoms with E-state index in [1.807, 2.05) is 29.1 Å². The molecule has 0 saturated carbocycles. The number of rotatable bonds is 8. The van der Waals surface area contributed by atoms with Crippen molar-refractivity contribution in [1.82, 2.24) is 15.1 Å². The van der Waals surface area contributed by atoms with Crippen LogP contribution in [-0.2, 0) is 9.53 Å². The Balaban J connectivity index is 1.87. The highest BCUT2D eigenvalue weighted by Gasteiger charge is 2.10. The molecule has 0 aliphatic heterocycles. The molecule has 1 unspecified atom stereocenters. The molecule has 0 aliphatic carbocycles. The average molecular weight is 302 g/mol. The van der Waals surface area contributed by atoms with Crippen LogP contribution >= 0.6 is 0 Å². The molecule has 0 aliphatic rings. The van der Waals surface area contributed by atoms with Crippen LogP contribution in [0.15, 0.2) is 42.6 Å². The smallest absolute Gasteiger partial charge is 0.239 e. The predicted octanol–water partition coefficient (Wildman–Crippen LogP) is 1.67. The maximum absolute atomic E-state index is 11.8. The van der Waals surface area contributed by atoms with Gasteiger partial charge < -0.3 is 15.4 Å². The summed E-state index contributed by atoms with van der Waals surface area (Å²) in [5.74, 6) is 0.440. The van der Waals surface area contributed by atoms with Gasteiger partial charge in [-0.2, -0.15) is 5.10 Å². The van der Waals surface area contributed by atoms with Gasteiger partial charge in [-0.15, -0.1) is 0 Å². The summed E-state index contributed by atoms with van der Waals surface area (Å²) in [5.41, 5.74) is 1.17. The average Bonchev–Trinajstić information content (AvgIpc) is 3.00. The number of methoxy groups -OCH3 is 1. The molecule has 1 amide bonds. The monoisotopic (exact) mass is 302 g/mol. The highest BCUT2D eigenvalue weighted by Crippen LogP contribution is 2.17. The molecule has 6 heteroatoms. The van der Waals surface area contributed by atoms with E-state index in [9.17, 15) is 4.79 Å². The van der Waals surface area contributed by atoms with E-state index < -0.39 is 0 Å². The van der Waals surface area contributed by atoms with Gasteiger partial charge in [0.15, 0.2) is 5.82 Å². The molecule has 6 nitrogen and oxygen atoms in total. The molecule has 1 atom stereocenters. The zero-order valence-corrected chi connectivity index (χ0v) is 13.0. The second kappa shape index (κ2) is 8.31. The molecule has 1 aromatic carbocycles. The Bertz CT molecular complexity index is 583. The fourth-order valence-corrected chi connectivity index (χ4v) is 2.07. The predicted molar refractivity (Wildman–Crippen MR) is 85.9 cm³/mol. The molecular weight excluding hydrogens is 280 g/mol. The summed E-state index contributed by atoms with van der Waals surface area (Å²) in [5, 5.41) is 10.2. The third kappa shape index (κ3) is 4.68. The van der Waals surface area contributed by atoms with Crippen LogP contribution in [0.3, 0.4) is 0 Å². The van der Waals surface area contributed by atoms with Gasteiger partial charge in [-0.25, -0.2) is 0 Å². The molecule has 0 spiro atoms. The molecule has 118 valence electrons. The largest absolute Gasteiger partial charge is 0.383 e. The number of benzene rings is 1. The number of nitrogens with zero attached hydrogens (tertiary/aromatic N) is 2. The Morgan fingerprint density at radius 1 is 1.32 bits per heavy atom. The summed E-state index contributed by atoms with van der Waals surface area (Å²) in [6.07, 6.45) is 1.87. The van der Waals surface area contributed by atoms with Crippen LogP contribution in [-0.4, -0.2) is 42.5 Å². The van der Waals surface area contributed by atoms with Crippen molar-refractivity contribution in [3.05, 3.63) is 48.2 Å². The summed E-state index contributed by atoms with van der Waals surface area (Å²) < 4.78 is 6.74. The minimum atomic E-state index is -0.117. The van der Waals surface area contributed by atoms with E-state index in [0.717, 1.165) is 0 Å². The number of amides is 1. The van der Waals surface area contributed by atoms with E-state index in [-0.39, 0.29) is 18.5 Å². The van der Waals surface area contributed by atoms with Crippen molar-refractivity contribution < 1.29 is 9.53 Å². The van der Waals surface area contributed by atoms with Crippen molar-refractivity contribution in [3.8, 4) is 0 Å². The van der Waals surface area contributed by atoms with E-state index in [0.29, 0.717) is 19.0 Å². The van der Waals surface area contributed by atoms with Gasteiger partial charge in [0.2, 0.25) is 5.91 Å². The van der Waals surface area contributed by atoms with Gasteiger partial charge in [0, 0.05) is 25.9 Å². The minimum Gasteiger partial charge on any atom is -0.383 e. The Labute approximate surface area is 130 Å². The van der Waals surface area contributed by atoms with Crippen molar-refractivity contribution in [3.63, 3.8) is 0 Å². The van der Waals surface area contributed by atoms with E-state index >= 15 is 0 Å². The molecule has 0 saturated heterocycles. The molecule has 22 heavy (non-hydrogen) atoms. The topological polar surface area (TPSA) is 68.2 Å². The van der Waals surface area contributed by atoms with Crippen molar-refractivity contribution in [1.29, 1.82) is 0 Å². The summed E-state index contributed by atoms with van der Waals surface area (Å²) >= 11 is 0. The first-order valence-corrected chi connectivity index (χ1v) is 7.30. The summed E-state index contributed by atoms with van der Waals surface area (Å²) in [7, 11) is 1.63. The Morgan fingerprint density at radius 2 is 2.09 bits per heavy atom. The van der Waals surface area contributed by atoms with Gasteiger partial charge in [0.25, 0.3) is 0 Å². The normalized spacial score (nSPS) is 12.1. The van der Waals surface area contributed by atoms with Crippen molar-refractivity contribution in [2.45, 2.75) is 13.0 Å². The first kappa shape index (κ1) is 16.2. The fraction of sp³-hybridized carbons (Fsp3) is 0.375. The van der Waals surface area contributed by atoms with Crippen molar-refractivity contribution in [2.24, 2.45) is 0 Å². The number of aromatic nitrogens is 2. The number of carbonyl (C=O) groups excluding carboxylic acids is 1. The standard InChI is InChI=1S/C16H22N4O2/c1-13(14-6-4-3-5-7-14)20-10-8-15(19-20)18-16(21)12-17-9-11-22-2/h3-8,10,13,17H,9,11-12H2,1-2H3,(H,18,19,21). The molecular formula is C16H22N4O2. The minimum absolute atomic E-state index is 0.117. The Kier molecular flexibility index (Phi) is 6.12. The number of carbonyl (C=O) groups is 1. The van der Waals surface area contributed by atoms with Gasteiger partial charge in [0.05, 0.1) is 19.2 Å². The Morgan fingerprint density at radius 3 is 2.82 bits per heavy atom. The Hall–Kier alpha value is -2.18. The van der Waals surface area contributed by atoms with Gasteiger partial charge in [-0.05, 0) is 12.5 Å². The van der Waals surface area contributed by atoms with Gasteiger partial charge in [-0.3, -0.25) is 9.48 Å². The second-order valence-electron chi connectivity index (χ2n) is 4.99. The van der Waals surface area contributed by atoms with E-state index in [1.54, 1.807) is 13.2 Å². The maximum atomic E-state index is 11.8. The maximum Gasteiger partial charge on any atom is 0.239 e. The molecule has 0 fully saturated rings. The van der Waals surface area contributed by atoms with Crippen molar-refractivity contribution >= 4 is 11.7 Å². The SMILES string of the molecule is COCCNCC(=O)Nc1ccn(C(C)c2ccccc2)n1. The summed E-state index contributed by atoms with van der Waals surface area (Å²) in [4.78, 5) is 11.8. The third-order valence-corrected chi connectivity index (χ3v) is 3.32. The molecule has 2 rings (SSSR count). The van der Waals surface area contributed by atoms with Crippen LogP contribution in [0.25, 0.3) is 0 Å². The fourth-order valence-electron chi connectivity index (χ4n) is 2.07. The van der Waals surface area contributed by atoms with Crippen LogP contribution in [0, 0.1) is 0 Å². The van der Waals surface area contributed by atoms with E-state index in [2.05, 4.69) is 34.8 Å². The molecule has 1 aromatic heterocycles. The highest BCUT2D eigenvalue weighted by atomic mass is 16.5. The lowest BCUT2D eigenvalue weighted by Gasteiger charge is -2.12. The molecule has 1 heterocycles. The molecule has 2 aromatic rings. The van der Waals surface area contributed by atoms with Crippen LogP contribution in [0.4, 0.5) is 5.82 Å². The number of ether oxygens (including phenoxy) is 1. The van der Waals surface area contributed by atoms with Crippen molar-refractivity contribution in [2.75, 3.05) is 32.1 Å². The number of anilines is 1. The van der Waals surface area contributed by atoms with Gasteiger partial charge >= 0.3 is 0 Å². The molecule has 0 bridgehead atoms. The lowest BCUT2D eigenvalue weighted by molar-refractivity contribution is -0.115. The van der Waals surface area contributed by atoms with Crippen LogP contribution in [0.1, 0.15) is 18.5 Å². The van der Waals surface area contributed by atoms with E-state index in [1.165, 1.54) is 5.56 Å². The zero-order valence-electron chi connectivity index (χ0n) is 13.0. The summed E-state index contributed by atoms with van der Waals surface area (Å²) in [6, 6.07) is 12.0. The number of nitrogens with one attached hydrogen (secondary N) is 2. The van der Waals surface area contributed by atoms with Gasteiger partial charge in [0.1, 0.15) is 0 Å². The van der Waals surface area contributed by atoms with E-state index in [4.69, 9.17) is 4.74 Å².